The van der Waals surface area contributed by atoms with Crippen molar-refractivity contribution in [1.29, 1.82) is 0 Å². The Morgan fingerprint density at radius 1 is 1.16 bits per heavy atom. The summed E-state index contributed by atoms with van der Waals surface area (Å²) in [6, 6.07) is 8.65. The Bertz CT molecular complexity index is 2020. The van der Waals surface area contributed by atoms with Crippen LogP contribution in [-0.2, 0) is 20.8 Å². The van der Waals surface area contributed by atoms with Gasteiger partial charge in [0.15, 0.2) is 17.0 Å². The van der Waals surface area contributed by atoms with E-state index in [9.17, 15) is 29.7 Å². The highest BCUT2D eigenvalue weighted by Crippen LogP contribution is 2.53. The first-order chi connectivity index (χ1) is 20.9. The van der Waals surface area contributed by atoms with Gasteiger partial charge in [0.1, 0.15) is 22.6 Å². The van der Waals surface area contributed by atoms with Crippen LogP contribution >= 0.6 is 11.3 Å². The summed E-state index contributed by atoms with van der Waals surface area (Å²) in [5.74, 6) is -5.81. The van der Waals surface area contributed by atoms with Crippen LogP contribution in [-0.4, -0.2) is 82.5 Å². The molecule has 7 rings (SSSR count). The summed E-state index contributed by atoms with van der Waals surface area (Å²) in [5, 5.41) is 37.9. The summed E-state index contributed by atoms with van der Waals surface area (Å²) in [7, 11) is 6.91. The fourth-order valence-electron chi connectivity index (χ4n) is 7.34. The Morgan fingerprint density at radius 2 is 1.89 bits per heavy atom. The van der Waals surface area contributed by atoms with E-state index in [-0.39, 0.29) is 29.6 Å². The second-order valence-corrected chi connectivity index (χ2v) is 13.0. The Hall–Kier alpha value is -4.52. The van der Waals surface area contributed by atoms with Crippen LogP contribution in [0.2, 0.25) is 0 Å². The number of oxazole rings is 1. The van der Waals surface area contributed by atoms with Crippen LogP contribution in [0.4, 0.5) is 5.69 Å². The lowest BCUT2D eigenvalue weighted by molar-refractivity contribution is -0.153. The van der Waals surface area contributed by atoms with Gasteiger partial charge >= 0.3 is 0 Å². The van der Waals surface area contributed by atoms with E-state index in [0.29, 0.717) is 11.4 Å². The number of aromatic nitrogens is 1. The number of anilines is 1. The summed E-state index contributed by atoms with van der Waals surface area (Å²) in [5.41, 5.74) is 5.20. The van der Waals surface area contributed by atoms with Crippen molar-refractivity contribution in [2.45, 2.75) is 24.5 Å². The van der Waals surface area contributed by atoms with Gasteiger partial charge in [0.2, 0.25) is 11.7 Å². The number of ketones is 2. The minimum absolute atomic E-state index is 0.0687. The zero-order valence-electron chi connectivity index (χ0n) is 24.4. The fourth-order valence-corrected chi connectivity index (χ4v) is 8.27. The Balaban J connectivity index is 1.47. The molecule has 4 aromatic rings. The molecule has 5 N–H and O–H groups in total. The van der Waals surface area contributed by atoms with E-state index < -0.39 is 58.0 Å². The highest BCUT2D eigenvalue weighted by molar-refractivity contribution is 7.17. The highest BCUT2D eigenvalue weighted by Gasteiger charge is 2.64. The van der Waals surface area contributed by atoms with Gasteiger partial charge in [0.25, 0.3) is 5.91 Å². The van der Waals surface area contributed by atoms with Gasteiger partial charge in [-0.25, -0.2) is 4.98 Å². The number of nitrogens with two attached hydrogens (primary N) is 1. The van der Waals surface area contributed by atoms with Crippen molar-refractivity contribution in [2.24, 2.45) is 17.6 Å². The fraction of sp³-hybridized carbons (Fsp3) is 0.312. The monoisotopic (exact) mass is 614 g/mol. The molecule has 44 heavy (non-hydrogen) atoms. The summed E-state index contributed by atoms with van der Waals surface area (Å²) in [6.45, 7) is 0. The van der Waals surface area contributed by atoms with Crippen molar-refractivity contribution in [3.63, 3.8) is 0 Å². The van der Waals surface area contributed by atoms with Crippen LogP contribution in [0.15, 0.2) is 57.0 Å². The maximum absolute atomic E-state index is 14.3. The number of primary amides is 1. The first-order valence-electron chi connectivity index (χ1n) is 14.1. The van der Waals surface area contributed by atoms with Crippen molar-refractivity contribution in [3.05, 3.63) is 63.7 Å². The minimum atomic E-state index is -2.65. The number of aliphatic hydroxyl groups is 3. The number of likely N-dealkylation sites (N-methyl/N-ethyl adjacent to an activating group) is 1. The summed E-state index contributed by atoms with van der Waals surface area (Å²) < 4.78 is 7.41. The number of aliphatic hydroxyl groups excluding tert-OH is 2. The third-order valence-corrected chi connectivity index (χ3v) is 10.2. The van der Waals surface area contributed by atoms with Crippen LogP contribution in [0.5, 0.6) is 0 Å². The molecule has 2 heterocycles. The van der Waals surface area contributed by atoms with E-state index in [4.69, 9.17) is 15.1 Å². The van der Waals surface area contributed by atoms with Crippen molar-refractivity contribution >= 4 is 61.4 Å². The number of thiophene rings is 1. The van der Waals surface area contributed by atoms with Crippen LogP contribution in [0.25, 0.3) is 38.4 Å². The number of benzene rings is 2. The molecular formula is C32H30N4O7S. The van der Waals surface area contributed by atoms with Gasteiger partial charge in [-0.1, -0.05) is 18.2 Å². The number of carbonyl (C=O) groups is 3. The third-order valence-electron chi connectivity index (χ3n) is 9.27. The largest absolute Gasteiger partial charge is 0.508 e. The minimum Gasteiger partial charge on any atom is -0.508 e. The molecule has 2 aromatic heterocycles. The molecule has 12 heteroatoms. The highest BCUT2D eigenvalue weighted by atomic mass is 32.1. The van der Waals surface area contributed by atoms with Gasteiger partial charge in [-0.05, 0) is 50.6 Å². The molecule has 4 atom stereocenters. The van der Waals surface area contributed by atoms with Crippen LogP contribution in [0, 0.1) is 11.8 Å². The van der Waals surface area contributed by atoms with Crippen LogP contribution < -0.4 is 10.6 Å². The number of carbonyl (C=O) groups excluding carboxylic acids is 3. The van der Waals surface area contributed by atoms with E-state index >= 15 is 0 Å². The Kier molecular flexibility index (Phi) is 6.09. The van der Waals surface area contributed by atoms with Crippen molar-refractivity contribution < 1.29 is 34.1 Å². The number of nitrogens with zero attached hydrogens (tertiary/aromatic N) is 3. The maximum Gasteiger partial charge on any atom is 0.255 e. The molecular weight excluding hydrogens is 584 g/mol. The molecule has 1 fully saturated rings. The molecule has 0 saturated heterocycles. The average molecular weight is 615 g/mol. The molecule has 3 aliphatic rings. The van der Waals surface area contributed by atoms with Gasteiger partial charge in [-0.2, -0.15) is 0 Å². The molecule has 0 radical (unpaired) electrons. The van der Waals surface area contributed by atoms with Gasteiger partial charge in [0.05, 0.1) is 17.2 Å². The molecule has 0 spiro atoms. The molecule has 0 bridgehead atoms. The quantitative estimate of drug-likeness (QED) is 0.250. The Labute approximate surface area is 255 Å². The smallest absolute Gasteiger partial charge is 0.255 e. The molecule has 11 nitrogen and oxygen atoms in total. The predicted molar refractivity (Wildman–Crippen MR) is 165 cm³/mol. The summed E-state index contributed by atoms with van der Waals surface area (Å²) >= 11 is 1.56. The normalized spacial score (nSPS) is 25.1. The molecule has 1 amide bonds. The number of hydrogen-bond acceptors (Lipinski definition) is 11. The van der Waals surface area contributed by atoms with Gasteiger partial charge in [-0.3, -0.25) is 19.3 Å². The van der Waals surface area contributed by atoms with E-state index in [0.717, 1.165) is 26.9 Å². The van der Waals surface area contributed by atoms with Crippen molar-refractivity contribution in [3.8, 4) is 11.5 Å². The van der Waals surface area contributed by atoms with Crippen LogP contribution in [0.3, 0.4) is 0 Å². The van der Waals surface area contributed by atoms with E-state index in [1.165, 1.54) is 4.90 Å². The van der Waals surface area contributed by atoms with Crippen molar-refractivity contribution in [2.75, 3.05) is 33.1 Å². The molecule has 1 saturated carbocycles. The van der Waals surface area contributed by atoms with Gasteiger partial charge < -0.3 is 30.4 Å². The lowest BCUT2D eigenvalue weighted by atomic mass is 9.57. The lowest BCUT2D eigenvalue weighted by Crippen LogP contribution is -2.65. The molecule has 226 valence electrons. The molecule has 2 aromatic carbocycles. The second kappa shape index (κ2) is 9.49. The zero-order chi connectivity index (χ0) is 31.4. The topological polar surface area (TPSA) is 170 Å². The number of fused-ring (bicyclic) bond motifs is 6. The summed E-state index contributed by atoms with van der Waals surface area (Å²) in [4.78, 5) is 48.1. The number of Topliss-reactive ketones (excluding diaryl/α,β-unsaturated/α-hetero) is 2. The SMILES string of the molecule is CN(C)c1cc2nc(-c3csc4ccccc34)oc2c2c1C[C@H]1C[C@H]3[C@H](N(C)C)C(=O)C(C(N)=O)=C(O)[C@@]3(O)C(=O)C1=C2O. The molecule has 0 aliphatic heterocycles. The standard InChI is InChI=1S/C32H30N4O7S/c1-35(2)19-11-18-27(43-31(34-18)16-12-44-20-8-6-5-7-14(16)20)22-15(19)9-13-10-17-24(36(3)4)26(38)23(30(33)41)29(40)32(17,42)28(39)21(13)25(22)37/h5-8,11-13,17,24,37,40,42H,9-10H2,1-4H3,(H2,33,41)/t13-,17-,24-,32-/m0/s1. The zero-order valence-corrected chi connectivity index (χ0v) is 25.2. The lowest BCUT2D eigenvalue weighted by Gasteiger charge is -2.50. The van der Waals surface area contributed by atoms with E-state index in [2.05, 4.69) is 0 Å². The predicted octanol–water partition coefficient (Wildman–Crippen LogP) is 3.35. The Morgan fingerprint density at radius 3 is 2.57 bits per heavy atom. The van der Waals surface area contributed by atoms with E-state index in [1.54, 1.807) is 25.4 Å². The van der Waals surface area contributed by atoms with E-state index in [1.807, 2.05) is 54.7 Å². The number of rotatable bonds is 4. The number of hydrogen-bond donors (Lipinski definition) is 4. The summed E-state index contributed by atoms with van der Waals surface area (Å²) in [6.07, 6.45) is 0.356. The second-order valence-electron chi connectivity index (χ2n) is 12.1. The van der Waals surface area contributed by atoms with Gasteiger partial charge in [0, 0.05) is 46.7 Å². The number of amides is 1. The average Bonchev–Trinajstić information content (AvgIpc) is 3.58. The van der Waals surface area contributed by atoms with Crippen molar-refractivity contribution in [1.82, 2.24) is 9.88 Å². The van der Waals surface area contributed by atoms with Crippen LogP contribution in [0.1, 0.15) is 17.5 Å². The third kappa shape index (κ3) is 3.61. The molecule has 0 unspecified atom stereocenters. The maximum atomic E-state index is 14.3. The first kappa shape index (κ1) is 28.3. The molecule has 3 aliphatic carbocycles. The van der Waals surface area contributed by atoms with Gasteiger partial charge in [-0.15, -0.1) is 11.3 Å². The first-order valence-corrected chi connectivity index (χ1v) is 15.0.